The van der Waals surface area contributed by atoms with E-state index in [4.69, 9.17) is 0 Å². The molecule has 0 spiro atoms. The van der Waals surface area contributed by atoms with Gasteiger partial charge >= 0.3 is 6.03 Å². The second-order valence-corrected chi connectivity index (χ2v) is 4.10. The lowest BCUT2D eigenvalue weighted by molar-refractivity contribution is 0.238. The van der Waals surface area contributed by atoms with Gasteiger partial charge in [0.05, 0.1) is 0 Å². The largest absolute Gasteiger partial charge is 0.338 e. The Hall–Kier alpha value is -1.58. The molecule has 0 aliphatic rings. The number of rotatable bonds is 6. The van der Waals surface area contributed by atoms with Gasteiger partial charge in [-0.25, -0.2) is 4.79 Å². The molecule has 2 N–H and O–H groups in total. The lowest BCUT2D eigenvalue weighted by Crippen LogP contribution is -2.37. The zero-order valence-electron chi connectivity index (χ0n) is 10.6. The number of nitrogens with zero attached hydrogens (tertiary/aromatic N) is 1. The Morgan fingerprint density at radius 2 is 1.88 bits per heavy atom. The Labute approximate surface area is 103 Å². The maximum atomic E-state index is 11.5. The van der Waals surface area contributed by atoms with Gasteiger partial charge in [0.1, 0.15) is 0 Å². The number of pyridine rings is 1. The molecule has 0 atom stereocenters. The first-order chi connectivity index (χ1) is 8.26. The number of aromatic nitrogens is 1. The molecular weight excluding hydrogens is 214 g/mol. The van der Waals surface area contributed by atoms with Crippen LogP contribution >= 0.6 is 0 Å². The standard InChI is InChI=1S/C13H21N3O/c1-3-11(4-2)9-15-13(17)16-10-12-5-7-14-8-6-12/h5-8,11H,3-4,9-10H2,1-2H3,(H2,15,16,17). The fourth-order valence-electron chi connectivity index (χ4n) is 1.56. The van der Waals surface area contributed by atoms with E-state index in [2.05, 4.69) is 29.5 Å². The summed E-state index contributed by atoms with van der Waals surface area (Å²) in [5.74, 6) is 0.571. The van der Waals surface area contributed by atoms with Gasteiger partial charge in [0.2, 0.25) is 0 Å². The number of carbonyl (C=O) groups is 1. The van der Waals surface area contributed by atoms with Crippen molar-refractivity contribution >= 4 is 6.03 Å². The van der Waals surface area contributed by atoms with E-state index in [1.54, 1.807) is 12.4 Å². The van der Waals surface area contributed by atoms with E-state index in [9.17, 15) is 4.79 Å². The third-order valence-electron chi connectivity index (χ3n) is 2.91. The number of carbonyl (C=O) groups excluding carboxylic acids is 1. The zero-order chi connectivity index (χ0) is 12.5. The summed E-state index contributed by atoms with van der Waals surface area (Å²) in [6, 6.07) is 3.68. The molecule has 0 aliphatic carbocycles. The highest BCUT2D eigenvalue weighted by Crippen LogP contribution is 2.04. The normalized spacial score (nSPS) is 10.3. The minimum absolute atomic E-state index is 0.103. The summed E-state index contributed by atoms with van der Waals surface area (Å²) >= 11 is 0. The third kappa shape index (κ3) is 5.33. The first-order valence-electron chi connectivity index (χ1n) is 6.16. The number of amides is 2. The van der Waals surface area contributed by atoms with Gasteiger partial charge < -0.3 is 10.6 Å². The molecule has 0 aliphatic heterocycles. The van der Waals surface area contributed by atoms with Crippen molar-refractivity contribution in [1.29, 1.82) is 0 Å². The van der Waals surface area contributed by atoms with Gasteiger partial charge in [0.15, 0.2) is 0 Å². The summed E-state index contributed by atoms with van der Waals surface area (Å²) in [5.41, 5.74) is 1.05. The quantitative estimate of drug-likeness (QED) is 0.795. The second kappa shape index (κ2) is 7.65. The summed E-state index contributed by atoms with van der Waals surface area (Å²) in [6.45, 7) is 5.57. The van der Waals surface area contributed by atoms with Crippen molar-refractivity contribution in [3.8, 4) is 0 Å². The second-order valence-electron chi connectivity index (χ2n) is 4.10. The van der Waals surface area contributed by atoms with Crippen LogP contribution in [0.15, 0.2) is 24.5 Å². The van der Waals surface area contributed by atoms with Gasteiger partial charge in [0.25, 0.3) is 0 Å². The minimum Gasteiger partial charge on any atom is -0.338 e. The molecule has 0 fully saturated rings. The molecule has 4 nitrogen and oxygen atoms in total. The van der Waals surface area contributed by atoms with Crippen molar-refractivity contribution in [3.05, 3.63) is 30.1 Å². The third-order valence-corrected chi connectivity index (χ3v) is 2.91. The molecular formula is C13H21N3O. The van der Waals surface area contributed by atoms with Gasteiger partial charge in [-0.15, -0.1) is 0 Å². The first kappa shape index (κ1) is 13.5. The summed E-state index contributed by atoms with van der Waals surface area (Å²) in [6.07, 6.45) is 5.64. The van der Waals surface area contributed by atoms with E-state index in [0.717, 1.165) is 24.9 Å². The molecule has 0 saturated carbocycles. The van der Waals surface area contributed by atoms with E-state index in [1.807, 2.05) is 12.1 Å². The van der Waals surface area contributed by atoms with Crippen LogP contribution in [-0.4, -0.2) is 17.6 Å². The van der Waals surface area contributed by atoms with Crippen molar-refractivity contribution in [3.63, 3.8) is 0 Å². The van der Waals surface area contributed by atoms with Crippen LogP contribution in [0.1, 0.15) is 32.3 Å². The Morgan fingerprint density at radius 3 is 2.47 bits per heavy atom. The van der Waals surface area contributed by atoms with Gasteiger partial charge in [0, 0.05) is 25.5 Å². The highest BCUT2D eigenvalue weighted by molar-refractivity contribution is 5.73. The molecule has 0 radical (unpaired) electrons. The predicted molar refractivity (Wildman–Crippen MR) is 68.5 cm³/mol. The number of hydrogen-bond acceptors (Lipinski definition) is 2. The van der Waals surface area contributed by atoms with Crippen LogP contribution in [-0.2, 0) is 6.54 Å². The fourth-order valence-corrected chi connectivity index (χ4v) is 1.56. The summed E-state index contributed by atoms with van der Waals surface area (Å²) in [5, 5.41) is 5.71. The van der Waals surface area contributed by atoms with Crippen molar-refractivity contribution in [2.24, 2.45) is 5.92 Å². The van der Waals surface area contributed by atoms with Crippen molar-refractivity contribution in [2.75, 3.05) is 6.54 Å². The van der Waals surface area contributed by atoms with Crippen LogP contribution in [0.3, 0.4) is 0 Å². The van der Waals surface area contributed by atoms with Crippen molar-refractivity contribution in [1.82, 2.24) is 15.6 Å². The molecule has 1 aromatic heterocycles. The van der Waals surface area contributed by atoms with Crippen LogP contribution < -0.4 is 10.6 Å². The van der Waals surface area contributed by atoms with E-state index < -0.39 is 0 Å². The molecule has 94 valence electrons. The van der Waals surface area contributed by atoms with Gasteiger partial charge in [-0.1, -0.05) is 26.7 Å². The summed E-state index contributed by atoms with van der Waals surface area (Å²) in [4.78, 5) is 15.4. The SMILES string of the molecule is CCC(CC)CNC(=O)NCc1ccncc1. The molecule has 4 heteroatoms. The molecule has 1 aromatic rings. The lowest BCUT2D eigenvalue weighted by atomic mass is 10.0. The summed E-state index contributed by atoms with van der Waals surface area (Å²) in [7, 11) is 0. The molecule has 2 amide bonds. The van der Waals surface area contributed by atoms with Crippen LogP contribution in [0.25, 0.3) is 0 Å². The van der Waals surface area contributed by atoms with E-state index in [1.165, 1.54) is 0 Å². The smallest absolute Gasteiger partial charge is 0.315 e. The first-order valence-corrected chi connectivity index (χ1v) is 6.16. The molecule has 0 bridgehead atoms. The highest BCUT2D eigenvalue weighted by atomic mass is 16.2. The predicted octanol–water partition coefficient (Wildman–Crippen LogP) is 2.32. The molecule has 1 heterocycles. The molecule has 0 saturated heterocycles. The van der Waals surface area contributed by atoms with E-state index in [0.29, 0.717) is 12.5 Å². The fraction of sp³-hybridized carbons (Fsp3) is 0.538. The van der Waals surface area contributed by atoms with E-state index in [-0.39, 0.29) is 6.03 Å². The van der Waals surface area contributed by atoms with Crippen LogP contribution in [0.5, 0.6) is 0 Å². The number of nitrogens with one attached hydrogen (secondary N) is 2. The summed E-state index contributed by atoms with van der Waals surface area (Å²) < 4.78 is 0. The Bertz CT molecular complexity index is 323. The van der Waals surface area contributed by atoms with E-state index >= 15 is 0 Å². The Balaban J connectivity index is 2.22. The Morgan fingerprint density at radius 1 is 1.24 bits per heavy atom. The van der Waals surface area contributed by atoms with Gasteiger partial charge in [-0.3, -0.25) is 4.98 Å². The van der Waals surface area contributed by atoms with Gasteiger partial charge in [-0.05, 0) is 23.6 Å². The van der Waals surface area contributed by atoms with Gasteiger partial charge in [-0.2, -0.15) is 0 Å². The maximum Gasteiger partial charge on any atom is 0.315 e. The molecule has 0 aromatic carbocycles. The highest BCUT2D eigenvalue weighted by Gasteiger charge is 2.05. The van der Waals surface area contributed by atoms with Crippen molar-refractivity contribution < 1.29 is 4.79 Å². The van der Waals surface area contributed by atoms with Crippen LogP contribution in [0.4, 0.5) is 4.79 Å². The monoisotopic (exact) mass is 235 g/mol. The van der Waals surface area contributed by atoms with Crippen molar-refractivity contribution in [2.45, 2.75) is 33.2 Å². The number of hydrogen-bond donors (Lipinski definition) is 2. The Kier molecular flexibility index (Phi) is 6.07. The zero-order valence-corrected chi connectivity index (χ0v) is 10.6. The molecule has 17 heavy (non-hydrogen) atoms. The number of urea groups is 1. The van der Waals surface area contributed by atoms with Crippen LogP contribution in [0, 0.1) is 5.92 Å². The maximum absolute atomic E-state index is 11.5. The average Bonchev–Trinajstić information content (AvgIpc) is 2.39. The van der Waals surface area contributed by atoms with Crippen LogP contribution in [0.2, 0.25) is 0 Å². The average molecular weight is 235 g/mol. The molecule has 0 unspecified atom stereocenters. The topological polar surface area (TPSA) is 54.0 Å². The minimum atomic E-state index is -0.103. The lowest BCUT2D eigenvalue weighted by Gasteiger charge is -2.13. The molecule has 1 rings (SSSR count).